The summed E-state index contributed by atoms with van der Waals surface area (Å²) in [5, 5.41) is 5.66. The average molecular weight is 219 g/mol. The maximum absolute atomic E-state index is 5.77. The molecule has 3 N–H and O–H groups in total. The van der Waals surface area contributed by atoms with Gasteiger partial charge >= 0.3 is 0 Å². The highest BCUT2D eigenvalue weighted by molar-refractivity contribution is 6.02. The highest BCUT2D eigenvalue weighted by Gasteiger charge is 2.09. The number of nitrogens with two attached hydrogens (primary N) is 1. The van der Waals surface area contributed by atoms with Gasteiger partial charge < -0.3 is 11.1 Å². The zero-order valence-corrected chi connectivity index (χ0v) is 8.84. The van der Waals surface area contributed by atoms with E-state index in [4.69, 9.17) is 5.73 Å². The van der Waals surface area contributed by atoms with Gasteiger partial charge in [-0.05, 0) is 23.1 Å². The molecule has 0 saturated carbocycles. The molecule has 0 amide bonds. The van der Waals surface area contributed by atoms with E-state index < -0.39 is 0 Å². The molecule has 0 unspecified atom stereocenters. The molecule has 2 nitrogen and oxygen atoms in total. The molecule has 76 valence electrons. The summed E-state index contributed by atoms with van der Waals surface area (Å²) in [4.78, 5) is 0. The zero-order valence-electron chi connectivity index (χ0n) is 8.03. The molecule has 0 radical (unpaired) electrons. The van der Waals surface area contributed by atoms with Gasteiger partial charge in [0.15, 0.2) is 0 Å². The summed E-state index contributed by atoms with van der Waals surface area (Å²) in [6.07, 6.45) is 1.97. The summed E-state index contributed by atoms with van der Waals surface area (Å²) in [5.74, 6) is 0.705. The predicted octanol–water partition coefficient (Wildman–Crippen LogP) is 2.94. The van der Waals surface area contributed by atoms with E-state index in [-0.39, 0.29) is 12.4 Å². The first-order valence-electron chi connectivity index (χ1n) is 4.60. The molecule has 1 heterocycles. The van der Waals surface area contributed by atoms with Gasteiger partial charge in [-0.1, -0.05) is 30.3 Å². The van der Waals surface area contributed by atoms with Crippen molar-refractivity contribution in [3.63, 3.8) is 0 Å². The van der Waals surface area contributed by atoms with Crippen LogP contribution in [-0.2, 0) is 0 Å². The third-order valence-electron chi connectivity index (χ3n) is 2.53. The molecule has 0 saturated heterocycles. The van der Waals surface area contributed by atoms with Crippen LogP contribution in [0.1, 0.15) is 5.56 Å². The molecule has 15 heavy (non-hydrogen) atoms. The van der Waals surface area contributed by atoms with E-state index >= 15 is 0 Å². The number of benzene rings is 2. The van der Waals surface area contributed by atoms with Gasteiger partial charge in [-0.3, -0.25) is 0 Å². The van der Waals surface area contributed by atoms with E-state index in [1.807, 2.05) is 18.2 Å². The topological polar surface area (TPSA) is 38.0 Å². The first-order chi connectivity index (χ1) is 6.84. The fourth-order valence-electron chi connectivity index (χ4n) is 1.95. The number of anilines is 1. The Morgan fingerprint density at radius 1 is 1.00 bits per heavy atom. The molecule has 0 bridgehead atoms. The summed E-state index contributed by atoms with van der Waals surface area (Å²) < 4.78 is 0. The van der Waals surface area contributed by atoms with E-state index in [1.54, 1.807) is 0 Å². The minimum atomic E-state index is 0. The molecular formula is C12H11ClN2. The minimum absolute atomic E-state index is 0. The number of hydrogen-bond donors (Lipinski definition) is 2. The standard InChI is InChI=1S/C12H10N2.ClH/c13-11-7-9-5-1-3-8-4-2-6-10(14-11)12(8)9;/h1-7,14H,13H2;1H. The monoisotopic (exact) mass is 218 g/mol. The van der Waals surface area contributed by atoms with Crippen LogP contribution in [0.25, 0.3) is 16.8 Å². The smallest absolute Gasteiger partial charge is 0.101 e. The van der Waals surface area contributed by atoms with Crippen molar-refractivity contribution < 1.29 is 0 Å². The van der Waals surface area contributed by atoms with E-state index in [0.29, 0.717) is 5.82 Å². The Morgan fingerprint density at radius 2 is 1.73 bits per heavy atom. The van der Waals surface area contributed by atoms with Crippen molar-refractivity contribution in [1.29, 1.82) is 0 Å². The quantitative estimate of drug-likeness (QED) is 0.714. The van der Waals surface area contributed by atoms with Crippen molar-refractivity contribution in [3.8, 4) is 0 Å². The van der Waals surface area contributed by atoms with Gasteiger partial charge in [0.1, 0.15) is 5.82 Å². The maximum Gasteiger partial charge on any atom is 0.101 e. The fourth-order valence-corrected chi connectivity index (χ4v) is 1.95. The second-order valence-corrected chi connectivity index (χ2v) is 3.48. The van der Waals surface area contributed by atoms with Crippen molar-refractivity contribution >= 4 is 34.9 Å². The van der Waals surface area contributed by atoms with Gasteiger partial charge in [0, 0.05) is 11.1 Å². The Kier molecular flexibility index (Phi) is 2.29. The Balaban J connectivity index is 0.000000853. The maximum atomic E-state index is 5.77. The summed E-state index contributed by atoms with van der Waals surface area (Å²) >= 11 is 0. The molecule has 3 rings (SSSR count). The van der Waals surface area contributed by atoms with Gasteiger partial charge in [-0.15, -0.1) is 12.4 Å². The SMILES string of the molecule is Cl.NC1=Cc2cccc3cccc(c23)N1. The molecule has 2 aromatic rings. The number of nitrogens with one attached hydrogen (secondary N) is 1. The molecular weight excluding hydrogens is 208 g/mol. The molecule has 0 fully saturated rings. The van der Waals surface area contributed by atoms with Gasteiger partial charge in [0.25, 0.3) is 0 Å². The van der Waals surface area contributed by atoms with Crippen LogP contribution >= 0.6 is 12.4 Å². The largest absolute Gasteiger partial charge is 0.385 e. The van der Waals surface area contributed by atoms with E-state index in [0.717, 1.165) is 5.69 Å². The summed E-state index contributed by atoms with van der Waals surface area (Å²) in [6.45, 7) is 0. The van der Waals surface area contributed by atoms with Crippen LogP contribution in [0.2, 0.25) is 0 Å². The second-order valence-electron chi connectivity index (χ2n) is 3.48. The van der Waals surface area contributed by atoms with Crippen LogP contribution < -0.4 is 11.1 Å². The fraction of sp³-hybridized carbons (Fsp3) is 0. The molecule has 0 spiro atoms. The molecule has 3 heteroatoms. The van der Waals surface area contributed by atoms with Gasteiger partial charge in [0.05, 0.1) is 0 Å². The molecule has 0 aromatic heterocycles. The van der Waals surface area contributed by atoms with E-state index in [2.05, 4.69) is 29.6 Å². The van der Waals surface area contributed by atoms with Gasteiger partial charge in [-0.25, -0.2) is 0 Å². The zero-order chi connectivity index (χ0) is 9.54. The van der Waals surface area contributed by atoms with Gasteiger partial charge in [-0.2, -0.15) is 0 Å². The Hall–Kier alpha value is -1.67. The Labute approximate surface area is 94.2 Å². The average Bonchev–Trinajstić information content (AvgIpc) is 2.18. The van der Waals surface area contributed by atoms with Crippen LogP contribution in [0.4, 0.5) is 5.69 Å². The number of halogens is 1. The van der Waals surface area contributed by atoms with Crippen LogP contribution in [0, 0.1) is 0 Å². The van der Waals surface area contributed by atoms with E-state index in [9.17, 15) is 0 Å². The van der Waals surface area contributed by atoms with Crippen molar-refractivity contribution in [3.05, 3.63) is 47.8 Å². The third kappa shape index (κ3) is 1.43. The predicted molar refractivity (Wildman–Crippen MR) is 67.0 cm³/mol. The Bertz CT molecular complexity index is 541. The normalized spacial score (nSPS) is 12.7. The lowest BCUT2D eigenvalue weighted by atomic mass is 10.0. The number of rotatable bonds is 0. The van der Waals surface area contributed by atoms with Crippen LogP contribution in [0.15, 0.2) is 42.2 Å². The van der Waals surface area contributed by atoms with Crippen molar-refractivity contribution in [1.82, 2.24) is 0 Å². The highest BCUT2D eigenvalue weighted by atomic mass is 35.5. The lowest BCUT2D eigenvalue weighted by Crippen LogP contribution is -2.12. The molecule has 0 atom stereocenters. The second kappa shape index (κ2) is 3.48. The molecule has 0 aliphatic carbocycles. The summed E-state index contributed by atoms with van der Waals surface area (Å²) in [5.41, 5.74) is 8.06. The van der Waals surface area contributed by atoms with E-state index in [1.165, 1.54) is 16.3 Å². The minimum Gasteiger partial charge on any atom is -0.385 e. The van der Waals surface area contributed by atoms with Crippen molar-refractivity contribution in [2.24, 2.45) is 5.73 Å². The summed E-state index contributed by atoms with van der Waals surface area (Å²) in [7, 11) is 0. The molecule has 1 aliphatic rings. The first-order valence-corrected chi connectivity index (χ1v) is 4.60. The highest BCUT2D eigenvalue weighted by Crippen LogP contribution is 2.31. The van der Waals surface area contributed by atoms with Crippen LogP contribution in [0.5, 0.6) is 0 Å². The van der Waals surface area contributed by atoms with Crippen LogP contribution in [0.3, 0.4) is 0 Å². The van der Waals surface area contributed by atoms with Crippen molar-refractivity contribution in [2.45, 2.75) is 0 Å². The molecule has 1 aliphatic heterocycles. The summed E-state index contributed by atoms with van der Waals surface area (Å²) in [6, 6.07) is 12.4. The first kappa shape index (κ1) is 9.87. The molecule has 2 aromatic carbocycles. The van der Waals surface area contributed by atoms with Crippen molar-refractivity contribution in [2.75, 3.05) is 5.32 Å². The lowest BCUT2D eigenvalue weighted by Gasteiger charge is -2.16. The Morgan fingerprint density at radius 3 is 2.53 bits per heavy atom. The number of hydrogen-bond acceptors (Lipinski definition) is 2. The van der Waals surface area contributed by atoms with Gasteiger partial charge in [0.2, 0.25) is 0 Å². The third-order valence-corrected chi connectivity index (χ3v) is 2.53. The lowest BCUT2D eigenvalue weighted by molar-refractivity contribution is 1.33. The van der Waals surface area contributed by atoms with Crippen LogP contribution in [-0.4, -0.2) is 0 Å².